The summed E-state index contributed by atoms with van der Waals surface area (Å²) in [7, 11) is 6.53. The molecule has 6 nitrogen and oxygen atoms in total. The van der Waals surface area contributed by atoms with Gasteiger partial charge in [0.15, 0.2) is 11.5 Å². The van der Waals surface area contributed by atoms with E-state index in [-0.39, 0.29) is 5.91 Å². The maximum absolute atomic E-state index is 13.6. The Hall–Kier alpha value is -3.67. The lowest BCUT2D eigenvalue weighted by atomic mass is 10.1. The summed E-state index contributed by atoms with van der Waals surface area (Å²) in [4.78, 5) is 15.2. The summed E-state index contributed by atoms with van der Waals surface area (Å²) in [5, 5.41) is 0. The average molecular weight is 421 g/mol. The van der Waals surface area contributed by atoms with Crippen molar-refractivity contribution in [1.29, 1.82) is 0 Å². The number of aromatic nitrogens is 1. The third-order valence-electron chi connectivity index (χ3n) is 5.48. The molecule has 0 spiro atoms. The van der Waals surface area contributed by atoms with Crippen molar-refractivity contribution in [3.63, 3.8) is 0 Å². The first-order valence-electron chi connectivity index (χ1n) is 9.86. The van der Waals surface area contributed by atoms with Crippen molar-refractivity contribution in [3.8, 4) is 22.9 Å². The van der Waals surface area contributed by atoms with Crippen LogP contribution in [0.25, 0.3) is 11.8 Å². The largest absolute Gasteiger partial charge is 0.497 e. The number of carbonyl (C=O) groups excluding carboxylic acids is 1. The number of ether oxygens (including phenoxy) is 3. The fourth-order valence-corrected chi connectivity index (χ4v) is 3.83. The molecule has 0 radical (unpaired) electrons. The van der Waals surface area contributed by atoms with Gasteiger partial charge in [-0.3, -0.25) is 4.79 Å². The number of anilines is 1. The minimum Gasteiger partial charge on any atom is -0.497 e. The van der Waals surface area contributed by atoms with Gasteiger partial charge in [-0.2, -0.15) is 0 Å². The highest BCUT2D eigenvalue weighted by atomic mass is 16.5. The summed E-state index contributed by atoms with van der Waals surface area (Å²) >= 11 is 0. The maximum Gasteiger partial charge on any atom is 0.260 e. The lowest BCUT2D eigenvalue weighted by Crippen LogP contribution is -2.27. The molecule has 31 heavy (non-hydrogen) atoms. The molecule has 0 aliphatic rings. The van der Waals surface area contributed by atoms with Crippen LogP contribution >= 0.6 is 0 Å². The normalized spacial score (nSPS) is 10.5. The van der Waals surface area contributed by atoms with Crippen LogP contribution in [0.4, 0.5) is 5.69 Å². The van der Waals surface area contributed by atoms with Gasteiger partial charge in [0.25, 0.3) is 5.91 Å². The highest BCUT2D eigenvalue weighted by Crippen LogP contribution is 2.34. The number of amides is 1. The fraction of sp³-hybridized carbons (Fsp3) is 0.240. The topological polar surface area (TPSA) is 52.9 Å². The molecule has 0 aliphatic heterocycles. The van der Waals surface area contributed by atoms with E-state index in [1.165, 1.54) is 0 Å². The molecule has 3 rings (SSSR count). The number of hydrogen-bond acceptors (Lipinski definition) is 4. The van der Waals surface area contributed by atoms with Crippen molar-refractivity contribution in [1.82, 2.24) is 4.57 Å². The molecule has 2 aromatic carbocycles. The Morgan fingerprint density at radius 2 is 1.68 bits per heavy atom. The van der Waals surface area contributed by atoms with Crippen LogP contribution in [-0.4, -0.2) is 38.9 Å². The first-order chi connectivity index (χ1) is 14.9. The summed E-state index contributed by atoms with van der Waals surface area (Å²) in [6, 6.07) is 13.1. The molecular weight excluding hydrogens is 392 g/mol. The molecule has 3 aromatic rings. The standard InChI is InChI=1S/C25H28N2O4/c1-8-21-16(2)27(19-10-9-11-20(14-19)29-5)17(3)24(21)25(28)26(4)18-12-13-22(30-6)23(15-18)31-7/h8-15H,1H2,2-7H3. The van der Waals surface area contributed by atoms with Crippen molar-refractivity contribution in [2.45, 2.75) is 13.8 Å². The van der Waals surface area contributed by atoms with Gasteiger partial charge in [-0.1, -0.05) is 18.7 Å². The maximum atomic E-state index is 13.6. The van der Waals surface area contributed by atoms with Crippen LogP contribution < -0.4 is 19.1 Å². The number of rotatable bonds is 7. The van der Waals surface area contributed by atoms with E-state index in [0.29, 0.717) is 22.7 Å². The molecule has 1 amide bonds. The SMILES string of the molecule is C=Cc1c(C(=O)N(C)c2ccc(OC)c(OC)c2)c(C)n(-c2cccc(OC)c2)c1C. The minimum atomic E-state index is -0.135. The zero-order valence-corrected chi connectivity index (χ0v) is 18.9. The molecule has 0 aliphatic carbocycles. The van der Waals surface area contributed by atoms with Crippen LogP contribution in [0, 0.1) is 13.8 Å². The van der Waals surface area contributed by atoms with E-state index in [4.69, 9.17) is 14.2 Å². The Morgan fingerprint density at radius 3 is 2.29 bits per heavy atom. The van der Waals surface area contributed by atoms with E-state index >= 15 is 0 Å². The molecule has 0 N–H and O–H groups in total. The number of nitrogens with zero attached hydrogens (tertiary/aromatic N) is 2. The third-order valence-corrected chi connectivity index (χ3v) is 5.48. The van der Waals surface area contributed by atoms with Crippen LogP contribution in [0.15, 0.2) is 49.0 Å². The lowest BCUT2D eigenvalue weighted by Gasteiger charge is -2.20. The summed E-state index contributed by atoms with van der Waals surface area (Å²) in [5.74, 6) is 1.78. The molecule has 1 heterocycles. The number of hydrogen-bond donors (Lipinski definition) is 0. The first-order valence-corrected chi connectivity index (χ1v) is 9.86. The van der Waals surface area contributed by atoms with Crippen molar-refractivity contribution >= 4 is 17.7 Å². The molecule has 0 saturated carbocycles. The minimum absolute atomic E-state index is 0.135. The number of methoxy groups -OCH3 is 3. The molecule has 6 heteroatoms. The van der Waals surface area contributed by atoms with Gasteiger partial charge in [-0.25, -0.2) is 0 Å². The first kappa shape index (κ1) is 22.0. The highest BCUT2D eigenvalue weighted by molar-refractivity contribution is 6.09. The Labute approximate surface area is 183 Å². The van der Waals surface area contributed by atoms with Crippen molar-refractivity contribution in [2.75, 3.05) is 33.3 Å². The predicted octanol–water partition coefficient (Wildman–Crippen LogP) is 5.04. The van der Waals surface area contributed by atoms with Gasteiger partial charge in [-0.05, 0) is 38.1 Å². The third kappa shape index (κ3) is 3.89. The van der Waals surface area contributed by atoms with Crippen LogP contribution in [0.3, 0.4) is 0 Å². The van der Waals surface area contributed by atoms with E-state index in [2.05, 4.69) is 11.1 Å². The summed E-state index contributed by atoms with van der Waals surface area (Å²) in [5.41, 5.74) is 4.79. The number of benzene rings is 2. The van der Waals surface area contributed by atoms with Crippen LogP contribution in [0.5, 0.6) is 17.2 Å². The monoisotopic (exact) mass is 420 g/mol. The Balaban J connectivity index is 2.10. The number of carbonyl (C=O) groups is 1. The van der Waals surface area contributed by atoms with Crippen molar-refractivity contribution < 1.29 is 19.0 Å². The smallest absolute Gasteiger partial charge is 0.260 e. The van der Waals surface area contributed by atoms with Gasteiger partial charge in [0.05, 0.1) is 26.9 Å². The van der Waals surface area contributed by atoms with Crippen LogP contribution in [0.2, 0.25) is 0 Å². The Kier molecular flexibility index (Phi) is 6.39. The Bertz CT molecular complexity index is 1130. The molecule has 0 bridgehead atoms. The van der Waals surface area contributed by atoms with Gasteiger partial charge in [0.1, 0.15) is 5.75 Å². The predicted molar refractivity (Wildman–Crippen MR) is 124 cm³/mol. The quantitative estimate of drug-likeness (QED) is 0.537. The van der Waals surface area contributed by atoms with Gasteiger partial charge in [0.2, 0.25) is 0 Å². The average Bonchev–Trinajstić information content (AvgIpc) is 3.06. The fourth-order valence-electron chi connectivity index (χ4n) is 3.83. The molecule has 0 unspecified atom stereocenters. The van der Waals surface area contributed by atoms with E-state index < -0.39 is 0 Å². The zero-order valence-electron chi connectivity index (χ0n) is 18.9. The molecular formula is C25H28N2O4. The lowest BCUT2D eigenvalue weighted by molar-refractivity contribution is 0.0992. The van der Waals surface area contributed by atoms with Crippen LogP contribution in [0.1, 0.15) is 27.3 Å². The van der Waals surface area contributed by atoms with Crippen molar-refractivity contribution in [2.24, 2.45) is 0 Å². The highest BCUT2D eigenvalue weighted by Gasteiger charge is 2.26. The summed E-state index contributed by atoms with van der Waals surface area (Å²) in [6.45, 7) is 7.88. The molecule has 0 atom stereocenters. The zero-order chi connectivity index (χ0) is 22.7. The second-order valence-corrected chi connectivity index (χ2v) is 7.10. The van der Waals surface area contributed by atoms with Gasteiger partial charge in [-0.15, -0.1) is 0 Å². The van der Waals surface area contributed by atoms with Gasteiger partial charge >= 0.3 is 0 Å². The molecule has 1 aromatic heterocycles. The van der Waals surface area contributed by atoms with E-state index in [0.717, 1.165) is 28.4 Å². The van der Waals surface area contributed by atoms with Gasteiger partial charge in [0, 0.05) is 47.5 Å². The second kappa shape index (κ2) is 9.00. The van der Waals surface area contributed by atoms with E-state index in [9.17, 15) is 4.79 Å². The van der Waals surface area contributed by atoms with Crippen LogP contribution in [-0.2, 0) is 0 Å². The van der Waals surface area contributed by atoms with Crippen molar-refractivity contribution in [3.05, 3.63) is 71.6 Å². The molecule has 0 saturated heterocycles. The van der Waals surface area contributed by atoms with Gasteiger partial charge < -0.3 is 23.7 Å². The van der Waals surface area contributed by atoms with E-state index in [1.54, 1.807) is 51.5 Å². The molecule has 0 fully saturated rings. The Morgan fingerprint density at radius 1 is 0.968 bits per heavy atom. The summed E-state index contributed by atoms with van der Waals surface area (Å²) < 4.78 is 18.1. The van der Waals surface area contributed by atoms with E-state index in [1.807, 2.05) is 44.2 Å². The second-order valence-electron chi connectivity index (χ2n) is 7.10. The summed E-state index contributed by atoms with van der Waals surface area (Å²) in [6.07, 6.45) is 1.73. The molecule has 162 valence electrons.